The average Bonchev–Trinajstić information content (AvgIpc) is 1.89. The summed E-state index contributed by atoms with van der Waals surface area (Å²) in [4.78, 5) is 18.6. The van der Waals surface area contributed by atoms with E-state index in [1.165, 1.54) is 0 Å². The molecule has 8 N–H and O–H groups in total. The molecule has 0 amide bonds. The fourth-order valence-corrected chi connectivity index (χ4v) is 0. The van der Waals surface area contributed by atoms with Crippen molar-refractivity contribution in [2.75, 3.05) is 13.1 Å². The maximum atomic E-state index is 9.31. The zero-order valence-corrected chi connectivity index (χ0v) is 10.3. The molecule has 0 fully saturated rings. The van der Waals surface area contributed by atoms with Gasteiger partial charge in [-0.05, 0) is 0 Å². The van der Waals surface area contributed by atoms with Crippen LogP contribution < -0.4 is 11.5 Å². The fraction of sp³-hybridized carbons (Fsp3) is 0.500. The molecular formula is C4H12N2O8Re-6. The largest absolute Gasteiger partial charge is 2.00 e. The predicted molar refractivity (Wildman–Crippen MR) is 33.5 cm³/mol. The molecule has 0 aliphatic rings. The van der Waals surface area contributed by atoms with E-state index in [2.05, 4.69) is 11.5 Å². The first-order valence-electron chi connectivity index (χ1n) is 2.56. The minimum atomic E-state index is -0.856. The van der Waals surface area contributed by atoms with Crippen molar-refractivity contribution in [2.24, 2.45) is 0 Å². The van der Waals surface area contributed by atoms with Gasteiger partial charge in [0, 0.05) is 20.4 Å². The number of quaternary nitrogens is 2. The van der Waals surface area contributed by atoms with E-state index in [0.717, 1.165) is 0 Å². The summed E-state index contributed by atoms with van der Waals surface area (Å²) < 4.78 is 0. The maximum absolute atomic E-state index is 9.31. The Kier molecular flexibility index (Phi) is 119. The zero-order chi connectivity index (χ0) is 8.57. The number of aliphatic carboxylic acids is 2. The molecule has 0 spiro atoms. The smallest absolute Gasteiger partial charge is 0.359 e. The minimum Gasteiger partial charge on any atom is -2.00 e. The molecule has 0 saturated heterocycles. The fourth-order valence-electron chi connectivity index (χ4n) is 0. The normalized spacial score (nSPS) is 4.93. The van der Waals surface area contributed by atoms with E-state index in [1.807, 2.05) is 0 Å². The van der Waals surface area contributed by atoms with Crippen LogP contribution in [-0.4, -0.2) is 35.2 Å². The predicted octanol–water partition coefficient (Wildman–Crippen LogP) is -3.85. The van der Waals surface area contributed by atoms with E-state index in [-0.39, 0.29) is 55.4 Å². The second-order valence-electron chi connectivity index (χ2n) is 1.29. The summed E-state index contributed by atoms with van der Waals surface area (Å²) >= 11 is 0. The molecule has 0 aromatic rings. The molecule has 10 nitrogen and oxygen atoms in total. The van der Waals surface area contributed by atoms with Crippen LogP contribution in [0.3, 0.4) is 0 Å². The molecule has 0 bridgehead atoms. The number of carboxylic acids is 2. The summed E-state index contributed by atoms with van der Waals surface area (Å²) in [7, 11) is 0. The van der Waals surface area contributed by atoms with Gasteiger partial charge in [-0.2, -0.15) is 0 Å². The van der Waals surface area contributed by atoms with Crippen LogP contribution in [0.1, 0.15) is 0 Å². The Morgan fingerprint density at radius 3 is 0.867 bits per heavy atom. The van der Waals surface area contributed by atoms with Crippen molar-refractivity contribution in [3.63, 3.8) is 0 Å². The van der Waals surface area contributed by atoms with Gasteiger partial charge >= 0.3 is 11.9 Å². The maximum Gasteiger partial charge on any atom is 0.359 e. The van der Waals surface area contributed by atoms with Crippen LogP contribution in [0.15, 0.2) is 0 Å². The van der Waals surface area contributed by atoms with Gasteiger partial charge in [-0.25, -0.2) is 9.59 Å². The standard InChI is InChI=1S/2C2H5NO2.4O.Re/c2*3-1-2(4)5;;;;;/h2*1,3H2,(H,4,5);;;;;/q;;4*-2;/p+2. The minimum absolute atomic E-state index is 0. The molecule has 11 heteroatoms. The Morgan fingerprint density at radius 1 is 0.800 bits per heavy atom. The molecule has 0 aliphatic heterocycles. The Bertz CT molecular complexity index is 109. The van der Waals surface area contributed by atoms with Crippen LogP contribution in [0.25, 0.3) is 0 Å². The van der Waals surface area contributed by atoms with Gasteiger partial charge in [0.05, 0.1) is 0 Å². The molecule has 0 rings (SSSR count). The first kappa shape index (κ1) is 47.3. The van der Waals surface area contributed by atoms with E-state index >= 15 is 0 Å². The van der Waals surface area contributed by atoms with Crippen molar-refractivity contribution < 1.29 is 73.6 Å². The summed E-state index contributed by atoms with van der Waals surface area (Å²) in [5.41, 5.74) is 6.17. The molecule has 15 heavy (non-hydrogen) atoms. The Hall–Kier alpha value is -0.638. The number of carboxylic acid groups (broad SMARTS) is 2. The summed E-state index contributed by atoms with van der Waals surface area (Å²) in [5.74, 6) is -1.71. The van der Waals surface area contributed by atoms with Gasteiger partial charge in [0.25, 0.3) is 0 Å². The molecule has 99 valence electrons. The van der Waals surface area contributed by atoms with Gasteiger partial charge in [-0.15, -0.1) is 0 Å². The van der Waals surface area contributed by atoms with E-state index in [4.69, 9.17) is 10.2 Å². The van der Waals surface area contributed by atoms with E-state index in [0.29, 0.717) is 0 Å². The molecule has 0 heterocycles. The summed E-state index contributed by atoms with van der Waals surface area (Å²) in [6.07, 6.45) is 0. The van der Waals surface area contributed by atoms with Crippen LogP contribution in [0.5, 0.6) is 0 Å². The molecule has 1 radical (unpaired) electrons. The van der Waals surface area contributed by atoms with Crippen LogP contribution in [0.4, 0.5) is 0 Å². The summed E-state index contributed by atoms with van der Waals surface area (Å²) in [6, 6.07) is 0. The Morgan fingerprint density at radius 2 is 0.867 bits per heavy atom. The molecule has 0 aliphatic carbocycles. The van der Waals surface area contributed by atoms with Gasteiger partial charge in [0.15, 0.2) is 13.1 Å². The molecule has 0 aromatic carbocycles. The number of hydrogen-bond acceptors (Lipinski definition) is 2. The van der Waals surface area contributed by atoms with E-state index in [9.17, 15) is 9.59 Å². The molecule has 0 unspecified atom stereocenters. The number of rotatable bonds is 2. The molecule has 0 saturated carbocycles. The number of hydrogen-bond donors (Lipinski definition) is 4. The third-order valence-corrected chi connectivity index (χ3v) is 0.428. The number of carbonyl (C=O) groups is 2. The van der Waals surface area contributed by atoms with Crippen LogP contribution in [0.2, 0.25) is 0 Å². The monoisotopic (exact) mass is 403 g/mol. The Balaban J connectivity index is -0.0000000128. The van der Waals surface area contributed by atoms with Crippen molar-refractivity contribution in [1.82, 2.24) is 0 Å². The topological polar surface area (TPSA) is 244 Å². The first-order chi connectivity index (χ1) is 4.54. The summed E-state index contributed by atoms with van der Waals surface area (Å²) in [5, 5.41) is 15.3. The third kappa shape index (κ3) is 153. The second-order valence-corrected chi connectivity index (χ2v) is 1.29. The molecule has 0 aromatic heterocycles. The van der Waals surface area contributed by atoms with Crippen molar-refractivity contribution in [1.29, 1.82) is 0 Å². The quantitative estimate of drug-likeness (QED) is 0.362. The third-order valence-electron chi connectivity index (χ3n) is 0.428. The SMILES string of the molecule is [NH3+]CC(=O)O.[NH3+]CC(=O)O.[O-2].[O-2].[O-2].[O-2].[Re]. The average molecular weight is 402 g/mol. The van der Waals surface area contributed by atoms with Gasteiger partial charge in [0.2, 0.25) is 0 Å². The van der Waals surface area contributed by atoms with Crippen LogP contribution in [0, 0.1) is 0 Å². The van der Waals surface area contributed by atoms with Gasteiger partial charge in [-0.3, -0.25) is 0 Å². The molecule has 0 atom stereocenters. The second kappa shape index (κ2) is 37.7. The Labute approximate surface area is 99.1 Å². The van der Waals surface area contributed by atoms with E-state index < -0.39 is 11.9 Å². The molecular weight excluding hydrogens is 390 g/mol. The van der Waals surface area contributed by atoms with Crippen molar-refractivity contribution in [3.8, 4) is 0 Å². The van der Waals surface area contributed by atoms with Gasteiger partial charge < -0.3 is 43.6 Å². The van der Waals surface area contributed by atoms with Crippen LogP contribution in [-0.2, 0) is 51.9 Å². The van der Waals surface area contributed by atoms with Gasteiger partial charge in [0.1, 0.15) is 0 Å². The van der Waals surface area contributed by atoms with E-state index in [1.54, 1.807) is 0 Å². The zero-order valence-electron chi connectivity index (χ0n) is 7.55. The van der Waals surface area contributed by atoms with Crippen molar-refractivity contribution in [2.45, 2.75) is 0 Å². The summed E-state index contributed by atoms with van der Waals surface area (Å²) in [6.45, 7) is -0.0556. The van der Waals surface area contributed by atoms with Crippen molar-refractivity contribution >= 4 is 11.9 Å². The van der Waals surface area contributed by atoms with Crippen LogP contribution >= 0.6 is 0 Å². The van der Waals surface area contributed by atoms with Gasteiger partial charge in [-0.1, -0.05) is 0 Å². The van der Waals surface area contributed by atoms with Crippen molar-refractivity contribution in [3.05, 3.63) is 0 Å². The first-order valence-corrected chi connectivity index (χ1v) is 2.56.